The van der Waals surface area contributed by atoms with Gasteiger partial charge in [-0.25, -0.2) is 0 Å². The van der Waals surface area contributed by atoms with Gasteiger partial charge in [-0.3, -0.25) is 4.79 Å². The predicted octanol–water partition coefficient (Wildman–Crippen LogP) is 3.53. The van der Waals surface area contributed by atoms with Crippen LogP contribution in [0.2, 0.25) is 5.02 Å². The second-order valence-corrected chi connectivity index (χ2v) is 5.18. The zero-order valence-corrected chi connectivity index (χ0v) is 12.4. The molecule has 0 spiro atoms. The Morgan fingerprint density at radius 1 is 1.37 bits per heavy atom. The molecule has 0 fully saturated rings. The fourth-order valence-electron chi connectivity index (χ4n) is 2.15. The molecule has 0 bridgehead atoms. The Morgan fingerprint density at radius 2 is 1.95 bits per heavy atom. The number of hydrogen-bond donors (Lipinski definition) is 1. The van der Waals surface area contributed by atoms with Gasteiger partial charge in [0.25, 0.3) is 0 Å². The molecule has 0 aliphatic heterocycles. The van der Waals surface area contributed by atoms with Gasteiger partial charge in [0.2, 0.25) is 0 Å². The summed E-state index contributed by atoms with van der Waals surface area (Å²) in [6.45, 7) is 5.70. The van der Waals surface area contributed by atoms with Crippen LogP contribution in [-0.4, -0.2) is 17.7 Å². The van der Waals surface area contributed by atoms with Crippen LogP contribution in [0, 0.1) is 5.92 Å². The molecule has 1 N–H and O–H groups in total. The maximum Gasteiger partial charge on any atom is 0.312 e. The van der Waals surface area contributed by atoms with E-state index in [-0.39, 0.29) is 5.97 Å². The van der Waals surface area contributed by atoms with Gasteiger partial charge in [0, 0.05) is 5.02 Å². The summed E-state index contributed by atoms with van der Waals surface area (Å²) in [6.07, 6.45) is 1.38. The number of hydrogen-bond acceptors (Lipinski definition) is 3. The maximum atomic E-state index is 12.0. The first-order valence-electron chi connectivity index (χ1n) is 6.58. The van der Waals surface area contributed by atoms with Gasteiger partial charge in [0.1, 0.15) is 5.60 Å². The fourth-order valence-corrected chi connectivity index (χ4v) is 2.27. The molecular weight excluding hydrogens is 264 g/mol. The topological polar surface area (TPSA) is 46.5 Å². The van der Waals surface area contributed by atoms with Gasteiger partial charge in [0.15, 0.2) is 0 Å². The molecule has 106 valence electrons. The summed E-state index contributed by atoms with van der Waals surface area (Å²) in [5.74, 6) is -0.928. The number of rotatable bonds is 6. The van der Waals surface area contributed by atoms with Crippen LogP contribution in [0.4, 0.5) is 0 Å². The van der Waals surface area contributed by atoms with Crippen molar-refractivity contribution in [3.8, 4) is 0 Å². The van der Waals surface area contributed by atoms with Crippen molar-refractivity contribution in [1.82, 2.24) is 0 Å². The van der Waals surface area contributed by atoms with Crippen molar-refractivity contribution >= 4 is 17.6 Å². The zero-order chi connectivity index (χ0) is 14.5. The normalized spacial score (nSPS) is 15.6. The van der Waals surface area contributed by atoms with Crippen molar-refractivity contribution in [2.45, 2.75) is 39.2 Å². The Morgan fingerprint density at radius 3 is 2.42 bits per heavy atom. The van der Waals surface area contributed by atoms with E-state index in [4.69, 9.17) is 16.3 Å². The summed E-state index contributed by atoms with van der Waals surface area (Å²) >= 11 is 5.84. The van der Waals surface area contributed by atoms with Crippen molar-refractivity contribution in [2.24, 2.45) is 5.92 Å². The van der Waals surface area contributed by atoms with Gasteiger partial charge in [-0.2, -0.15) is 0 Å². The van der Waals surface area contributed by atoms with E-state index in [0.717, 1.165) is 6.42 Å². The molecule has 1 aromatic carbocycles. The van der Waals surface area contributed by atoms with Crippen molar-refractivity contribution in [1.29, 1.82) is 0 Å². The molecule has 3 nitrogen and oxygen atoms in total. The molecule has 1 aromatic rings. The molecule has 0 aliphatic carbocycles. The van der Waals surface area contributed by atoms with Crippen LogP contribution >= 0.6 is 11.6 Å². The SMILES string of the molecule is CCCC(C(=O)OCC)C(C)(O)c1ccc(Cl)cc1. The Hall–Kier alpha value is -1.06. The number of carbonyl (C=O) groups is 1. The molecule has 0 aliphatic rings. The molecule has 2 atom stereocenters. The molecule has 0 radical (unpaired) electrons. The molecule has 19 heavy (non-hydrogen) atoms. The monoisotopic (exact) mass is 284 g/mol. The minimum atomic E-state index is -1.26. The lowest BCUT2D eigenvalue weighted by molar-refractivity contribution is -0.158. The number of benzene rings is 1. The molecule has 0 saturated carbocycles. The molecule has 1 rings (SSSR count). The smallest absolute Gasteiger partial charge is 0.312 e. The van der Waals surface area contributed by atoms with Gasteiger partial charge in [-0.05, 0) is 38.0 Å². The number of ether oxygens (including phenoxy) is 1. The van der Waals surface area contributed by atoms with Crippen molar-refractivity contribution < 1.29 is 14.6 Å². The highest BCUT2D eigenvalue weighted by Crippen LogP contribution is 2.34. The highest BCUT2D eigenvalue weighted by atomic mass is 35.5. The molecule has 2 unspecified atom stereocenters. The lowest BCUT2D eigenvalue weighted by atomic mass is 9.80. The molecule has 0 aromatic heterocycles. The third-order valence-electron chi connectivity index (χ3n) is 3.26. The van der Waals surface area contributed by atoms with E-state index in [1.54, 1.807) is 38.1 Å². The first-order valence-corrected chi connectivity index (χ1v) is 6.96. The van der Waals surface area contributed by atoms with Gasteiger partial charge in [0.05, 0.1) is 12.5 Å². The first-order chi connectivity index (χ1) is 8.93. The molecule has 0 amide bonds. The van der Waals surface area contributed by atoms with E-state index in [2.05, 4.69) is 0 Å². The molecular formula is C15H21ClO3. The van der Waals surface area contributed by atoms with E-state index in [1.807, 2.05) is 6.92 Å². The lowest BCUT2D eigenvalue weighted by Crippen LogP contribution is -2.38. The summed E-state index contributed by atoms with van der Waals surface area (Å²) in [7, 11) is 0. The molecule has 4 heteroatoms. The predicted molar refractivity (Wildman–Crippen MR) is 76.1 cm³/mol. The fraction of sp³-hybridized carbons (Fsp3) is 0.533. The van der Waals surface area contributed by atoms with E-state index in [0.29, 0.717) is 23.6 Å². The van der Waals surface area contributed by atoms with Crippen LogP contribution in [0.5, 0.6) is 0 Å². The summed E-state index contributed by atoms with van der Waals surface area (Å²) < 4.78 is 5.06. The van der Waals surface area contributed by atoms with E-state index >= 15 is 0 Å². The zero-order valence-electron chi connectivity index (χ0n) is 11.6. The lowest BCUT2D eigenvalue weighted by Gasteiger charge is -2.31. The van der Waals surface area contributed by atoms with Crippen LogP contribution in [-0.2, 0) is 15.1 Å². The second-order valence-electron chi connectivity index (χ2n) is 4.75. The Bertz CT molecular complexity index is 412. The van der Waals surface area contributed by atoms with Gasteiger partial charge >= 0.3 is 5.97 Å². The average Bonchev–Trinajstić information content (AvgIpc) is 2.36. The number of carbonyl (C=O) groups excluding carboxylic acids is 1. The number of halogens is 1. The van der Waals surface area contributed by atoms with Crippen LogP contribution in [0.3, 0.4) is 0 Å². The summed E-state index contributed by atoms with van der Waals surface area (Å²) in [5, 5.41) is 11.3. The highest BCUT2D eigenvalue weighted by Gasteiger charge is 2.39. The Kier molecular flexibility index (Phi) is 5.83. The first kappa shape index (κ1) is 16.0. The molecule has 0 saturated heterocycles. The summed E-state index contributed by atoms with van der Waals surface area (Å²) in [6, 6.07) is 6.90. The maximum absolute atomic E-state index is 12.0. The third-order valence-corrected chi connectivity index (χ3v) is 3.51. The van der Waals surface area contributed by atoms with Gasteiger partial charge in [-0.1, -0.05) is 37.1 Å². The standard InChI is InChI=1S/C15H21ClO3/c1-4-6-13(14(17)19-5-2)15(3,18)11-7-9-12(16)10-8-11/h7-10,13,18H,4-6H2,1-3H3. The van der Waals surface area contributed by atoms with Crippen LogP contribution in [0.25, 0.3) is 0 Å². The third kappa shape index (κ3) is 3.95. The Labute approximate surface area is 119 Å². The summed E-state index contributed by atoms with van der Waals surface area (Å²) in [5.41, 5.74) is -0.587. The average molecular weight is 285 g/mol. The van der Waals surface area contributed by atoms with Gasteiger partial charge < -0.3 is 9.84 Å². The van der Waals surface area contributed by atoms with E-state index < -0.39 is 11.5 Å². The van der Waals surface area contributed by atoms with Crippen molar-refractivity contribution in [3.05, 3.63) is 34.9 Å². The molecule has 0 heterocycles. The van der Waals surface area contributed by atoms with Crippen LogP contribution in [0.1, 0.15) is 39.2 Å². The largest absolute Gasteiger partial charge is 0.466 e. The highest BCUT2D eigenvalue weighted by molar-refractivity contribution is 6.30. The quantitative estimate of drug-likeness (QED) is 0.813. The summed E-state index contributed by atoms with van der Waals surface area (Å²) in [4.78, 5) is 12.0. The van der Waals surface area contributed by atoms with Crippen molar-refractivity contribution in [3.63, 3.8) is 0 Å². The number of aliphatic hydroxyl groups is 1. The van der Waals surface area contributed by atoms with Crippen molar-refractivity contribution in [2.75, 3.05) is 6.61 Å². The minimum Gasteiger partial charge on any atom is -0.466 e. The van der Waals surface area contributed by atoms with Gasteiger partial charge in [-0.15, -0.1) is 0 Å². The van der Waals surface area contributed by atoms with Crippen LogP contribution < -0.4 is 0 Å². The number of esters is 1. The second kappa shape index (κ2) is 6.92. The minimum absolute atomic E-state index is 0.315. The Balaban J connectivity index is 3.04. The van der Waals surface area contributed by atoms with Crippen LogP contribution in [0.15, 0.2) is 24.3 Å². The van der Waals surface area contributed by atoms with E-state index in [9.17, 15) is 9.90 Å². The van der Waals surface area contributed by atoms with E-state index in [1.165, 1.54) is 0 Å².